The number of rotatable bonds is 3. The van der Waals surface area contributed by atoms with E-state index in [1.165, 1.54) is 6.07 Å². The summed E-state index contributed by atoms with van der Waals surface area (Å²) in [5.74, 6) is -0.767. The fourth-order valence-corrected chi connectivity index (χ4v) is 2.41. The normalized spacial score (nSPS) is 10.7. The molecule has 0 N–H and O–H groups in total. The minimum Gasteiger partial charge on any atom is -0.294 e. The fraction of sp³-hybridized carbons (Fsp3) is 0.231. The van der Waals surface area contributed by atoms with Crippen LogP contribution < -0.4 is 0 Å². The quantitative estimate of drug-likeness (QED) is 0.817. The topological polar surface area (TPSA) is 34.9 Å². The molecule has 3 nitrogen and oxygen atoms in total. The van der Waals surface area contributed by atoms with Gasteiger partial charge in [-0.1, -0.05) is 6.07 Å². The van der Waals surface area contributed by atoms with E-state index in [9.17, 15) is 9.18 Å². The van der Waals surface area contributed by atoms with Gasteiger partial charge in [0, 0.05) is 17.2 Å². The molecule has 0 atom stereocenters. The first-order valence-electron chi connectivity index (χ1n) is 5.45. The first-order chi connectivity index (χ1) is 8.49. The summed E-state index contributed by atoms with van der Waals surface area (Å²) in [6, 6.07) is 6.33. The second-order valence-electron chi connectivity index (χ2n) is 4.10. The number of halogens is 2. The van der Waals surface area contributed by atoms with Gasteiger partial charge in [0.2, 0.25) is 0 Å². The molecule has 1 aromatic heterocycles. The molecule has 18 heavy (non-hydrogen) atoms. The highest BCUT2D eigenvalue weighted by Crippen LogP contribution is 2.21. The fourth-order valence-electron chi connectivity index (χ4n) is 1.85. The highest BCUT2D eigenvalue weighted by Gasteiger charge is 2.17. The standard InChI is InChI=1S/C13H12BrFN2O/c1-8-6-9(17(2)16-8)7-12(18)13-10(14)4-3-5-11(13)15/h3-6H,7H2,1-2H3. The summed E-state index contributed by atoms with van der Waals surface area (Å²) in [5, 5.41) is 4.16. The number of hydrogen-bond donors (Lipinski definition) is 0. The smallest absolute Gasteiger partial charge is 0.172 e. The van der Waals surface area contributed by atoms with Crippen LogP contribution in [0.4, 0.5) is 4.39 Å². The van der Waals surface area contributed by atoms with Gasteiger partial charge in [0.25, 0.3) is 0 Å². The maximum absolute atomic E-state index is 13.6. The van der Waals surface area contributed by atoms with Crippen molar-refractivity contribution in [3.8, 4) is 0 Å². The van der Waals surface area contributed by atoms with Crippen LogP contribution in [0.25, 0.3) is 0 Å². The number of hydrogen-bond acceptors (Lipinski definition) is 2. The Kier molecular flexibility index (Phi) is 3.61. The minimum atomic E-state index is -0.506. The molecule has 94 valence electrons. The van der Waals surface area contributed by atoms with Gasteiger partial charge in [0.15, 0.2) is 5.78 Å². The second-order valence-corrected chi connectivity index (χ2v) is 4.95. The zero-order valence-corrected chi connectivity index (χ0v) is 11.7. The molecule has 0 saturated heterocycles. The lowest BCUT2D eigenvalue weighted by atomic mass is 10.1. The predicted octanol–water partition coefficient (Wildman–Crippen LogP) is 3.06. The van der Waals surface area contributed by atoms with Crippen molar-refractivity contribution < 1.29 is 9.18 Å². The molecule has 0 unspecified atom stereocenters. The van der Waals surface area contributed by atoms with E-state index in [1.807, 2.05) is 13.0 Å². The van der Waals surface area contributed by atoms with Crippen LogP contribution in [0.5, 0.6) is 0 Å². The predicted molar refractivity (Wildman–Crippen MR) is 70.1 cm³/mol. The van der Waals surface area contributed by atoms with Crippen LogP contribution in [0.15, 0.2) is 28.7 Å². The molecule has 0 aliphatic carbocycles. The second kappa shape index (κ2) is 5.02. The Balaban J connectivity index is 2.30. The Morgan fingerprint density at radius 3 is 2.78 bits per heavy atom. The van der Waals surface area contributed by atoms with Gasteiger partial charge < -0.3 is 0 Å². The summed E-state index contributed by atoms with van der Waals surface area (Å²) in [4.78, 5) is 12.1. The molecule has 1 aromatic carbocycles. The highest BCUT2D eigenvalue weighted by molar-refractivity contribution is 9.10. The van der Waals surface area contributed by atoms with Gasteiger partial charge in [-0.2, -0.15) is 5.10 Å². The van der Waals surface area contributed by atoms with E-state index in [0.717, 1.165) is 11.4 Å². The van der Waals surface area contributed by atoms with Crippen LogP contribution >= 0.6 is 15.9 Å². The van der Waals surface area contributed by atoms with E-state index >= 15 is 0 Å². The molecule has 0 radical (unpaired) electrons. The van der Waals surface area contributed by atoms with E-state index in [1.54, 1.807) is 23.9 Å². The number of aromatic nitrogens is 2. The Labute approximate surface area is 113 Å². The Morgan fingerprint density at radius 1 is 1.50 bits per heavy atom. The maximum atomic E-state index is 13.6. The van der Waals surface area contributed by atoms with Crippen molar-refractivity contribution in [3.05, 3.63) is 51.5 Å². The molecule has 1 heterocycles. The minimum absolute atomic E-state index is 0.0938. The highest BCUT2D eigenvalue weighted by atomic mass is 79.9. The summed E-state index contributed by atoms with van der Waals surface area (Å²) in [7, 11) is 1.77. The number of benzene rings is 1. The van der Waals surface area contributed by atoms with Crippen LogP contribution in [0.2, 0.25) is 0 Å². The molecule has 5 heteroatoms. The van der Waals surface area contributed by atoms with Crippen LogP contribution in [0.1, 0.15) is 21.7 Å². The van der Waals surface area contributed by atoms with Gasteiger partial charge in [0.05, 0.1) is 17.7 Å². The molecule has 0 spiro atoms. The monoisotopic (exact) mass is 310 g/mol. The van der Waals surface area contributed by atoms with Crippen LogP contribution in [-0.2, 0) is 13.5 Å². The molecule has 0 aliphatic rings. The van der Waals surface area contributed by atoms with Crippen molar-refractivity contribution in [3.63, 3.8) is 0 Å². The summed E-state index contributed by atoms with van der Waals surface area (Å²) in [6.45, 7) is 1.85. The number of aryl methyl sites for hydroxylation is 2. The van der Waals surface area contributed by atoms with Crippen molar-refractivity contribution in [2.24, 2.45) is 7.05 Å². The SMILES string of the molecule is Cc1cc(CC(=O)c2c(F)cccc2Br)n(C)n1. The van der Waals surface area contributed by atoms with Crippen LogP contribution in [-0.4, -0.2) is 15.6 Å². The summed E-state index contributed by atoms with van der Waals surface area (Å²) in [6.07, 6.45) is 0.136. The molecule has 0 aliphatic heterocycles. The van der Waals surface area contributed by atoms with Gasteiger partial charge >= 0.3 is 0 Å². The van der Waals surface area contributed by atoms with Crippen LogP contribution in [0, 0.1) is 12.7 Å². The molecule has 0 saturated carbocycles. The average molecular weight is 311 g/mol. The maximum Gasteiger partial charge on any atom is 0.172 e. The van der Waals surface area contributed by atoms with E-state index < -0.39 is 5.82 Å². The van der Waals surface area contributed by atoms with Gasteiger partial charge in [-0.15, -0.1) is 0 Å². The van der Waals surface area contributed by atoms with Gasteiger partial charge in [0.1, 0.15) is 5.82 Å². The lowest BCUT2D eigenvalue weighted by Crippen LogP contribution is -2.10. The largest absolute Gasteiger partial charge is 0.294 e. The average Bonchev–Trinajstić information content (AvgIpc) is 2.57. The van der Waals surface area contributed by atoms with Crippen molar-refractivity contribution in [2.75, 3.05) is 0 Å². The van der Waals surface area contributed by atoms with E-state index in [4.69, 9.17) is 0 Å². The number of carbonyl (C=O) groups is 1. The number of Topliss-reactive ketones (excluding diaryl/α,β-unsaturated/α-hetero) is 1. The third-order valence-corrected chi connectivity index (χ3v) is 3.34. The van der Waals surface area contributed by atoms with E-state index in [2.05, 4.69) is 21.0 Å². The molecule has 0 bridgehead atoms. The van der Waals surface area contributed by atoms with Crippen LogP contribution in [0.3, 0.4) is 0 Å². The molecular formula is C13H12BrFN2O. The molecule has 2 aromatic rings. The zero-order chi connectivity index (χ0) is 13.3. The number of ketones is 1. The number of nitrogens with zero attached hydrogens (tertiary/aromatic N) is 2. The third-order valence-electron chi connectivity index (χ3n) is 2.68. The summed E-state index contributed by atoms with van der Waals surface area (Å²) in [5.41, 5.74) is 1.71. The number of carbonyl (C=O) groups excluding carboxylic acids is 1. The first kappa shape index (κ1) is 13.0. The van der Waals surface area contributed by atoms with Gasteiger partial charge in [-0.25, -0.2) is 4.39 Å². The lowest BCUT2D eigenvalue weighted by Gasteiger charge is -2.05. The van der Waals surface area contributed by atoms with E-state index in [-0.39, 0.29) is 17.8 Å². The molecular weight excluding hydrogens is 299 g/mol. The third kappa shape index (κ3) is 2.51. The summed E-state index contributed by atoms with van der Waals surface area (Å²) >= 11 is 3.20. The van der Waals surface area contributed by atoms with Crippen molar-refractivity contribution in [2.45, 2.75) is 13.3 Å². The lowest BCUT2D eigenvalue weighted by molar-refractivity contribution is 0.0986. The van der Waals surface area contributed by atoms with Crippen molar-refractivity contribution >= 4 is 21.7 Å². The Bertz CT molecular complexity index is 587. The van der Waals surface area contributed by atoms with Gasteiger partial charge in [-0.05, 0) is 41.1 Å². The zero-order valence-electron chi connectivity index (χ0n) is 10.1. The Hall–Kier alpha value is -1.49. The first-order valence-corrected chi connectivity index (χ1v) is 6.25. The molecule has 2 rings (SSSR count). The van der Waals surface area contributed by atoms with Gasteiger partial charge in [-0.3, -0.25) is 9.48 Å². The molecule has 0 fully saturated rings. The molecule has 0 amide bonds. The van der Waals surface area contributed by atoms with Crippen molar-refractivity contribution in [1.29, 1.82) is 0 Å². The van der Waals surface area contributed by atoms with E-state index in [0.29, 0.717) is 4.47 Å². The van der Waals surface area contributed by atoms with Crippen molar-refractivity contribution in [1.82, 2.24) is 9.78 Å². The summed E-state index contributed by atoms with van der Waals surface area (Å²) < 4.78 is 15.8. The Morgan fingerprint density at radius 2 is 2.22 bits per heavy atom.